The van der Waals surface area contributed by atoms with Crippen molar-refractivity contribution >= 4 is 22.8 Å². The number of aryl methyl sites for hydroxylation is 4. The number of imidazole rings is 1. The third-order valence-electron chi connectivity index (χ3n) is 4.86. The molecule has 0 bridgehead atoms. The number of fused-ring (bicyclic) bond motifs is 1. The number of nitrogens with zero attached hydrogens (tertiary/aromatic N) is 3. The fourth-order valence-corrected chi connectivity index (χ4v) is 4.27. The monoisotopic (exact) mass is 367 g/mol. The first-order chi connectivity index (χ1) is 12.7. The highest BCUT2D eigenvalue weighted by Crippen LogP contribution is 2.23. The molecule has 0 fully saturated rings. The number of thioether (sulfide) groups is 1. The molecule has 3 rings (SSSR count). The molecule has 26 heavy (non-hydrogen) atoms. The van der Waals surface area contributed by atoms with Crippen LogP contribution in [0.2, 0.25) is 0 Å². The Hall–Kier alpha value is -1.81. The third kappa shape index (κ3) is 4.47. The van der Waals surface area contributed by atoms with Gasteiger partial charge in [0.25, 0.3) is 0 Å². The molecule has 2 heterocycles. The average Bonchev–Trinajstić information content (AvgIpc) is 3.00. The van der Waals surface area contributed by atoms with Crippen molar-refractivity contribution in [1.29, 1.82) is 0 Å². The van der Waals surface area contributed by atoms with Gasteiger partial charge < -0.3 is 4.57 Å². The normalized spacial score (nSPS) is 11.3. The van der Waals surface area contributed by atoms with Crippen molar-refractivity contribution in [3.05, 3.63) is 53.6 Å². The Balaban J connectivity index is 1.59. The van der Waals surface area contributed by atoms with Gasteiger partial charge in [-0.05, 0) is 56.6 Å². The molecule has 0 atom stereocenters. The van der Waals surface area contributed by atoms with E-state index in [9.17, 15) is 0 Å². The van der Waals surface area contributed by atoms with Gasteiger partial charge in [0.05, 0.1) is 11.7 Å². The van der Waals surface area contributed by atoms with E-state index in [0.29, 0.717) is 0 Å². The smallest absolute Gasteiger partial charge is 0.109 e. The molecule has 3 aromatic rings. The molecule has 138 valence electrons. The molecule has 2 aromatic heterocycles. The molecule has 0 aliphatic rings. The molecule has 0 unspecified atom stereocenters. The zero-order valence-electron chi connectivity index (χ0n) is 16.2. The van der Waals surface area contributed by atoms with Crippen molar-refractivity contribution in [2.24, 2.45) is 0 Å². The minimum Gasteiger partial charge on any atom is -0.328 e. The largest absolute Gasteiger partial charge is 0.328 e. The van der Waals surface area contributed by atoms with E-state index >= 15 is 0 Å². The zero-order valence-corrected chi connectivity index (χ0v) is 17.0. The SMILES string of the molecule is CCCc1nc2cnc(C)c(C)c2n1CCCCCSc1ccccc1. The summed E-state index contributed by atoms with van der Waals surface area (Å²) in [5.41, 5.74) is 4.73. The van der Waals surface area contributed by atoms with Crippen LogP contribution in [0, 0.1) is 13.8 Å². The van der Waals surface area contributed by atoms with Crippen LogP contribution in [0.15, 0.2) is 41.4 Å². The Labute approximate surface area is 161 Å². The van der Waals surface area contributed by atoms with Crippen molar-refractivity contribution in [3.8, 4) is 0 Å². The standard InChI is InChI=1S/C22H29N3S/c1-4-11-21-24-20-16-23-18(3)17(2)22(20)25(21)14-9-6-10-15-26-19-12-7-5-8-13-19/h5,7-8,12-13,16H,4,6,9-11,14-15H2,1-3H3. The summed E-state index contributed by atoms with van der Waals surface area (Å²) in [4.78, 5) is 10.7. The van der Waals surface area contributed by atoms with Gasteiger partial charge >= 0.3 is 0 Å². The number of hydrogen-bond acceptors (Lipinski definition) is 3. The van der Waals surface area contributed by atoms with Gasteiger partial charge in [-0.1, -0.05) is 31.5 Å². The highest BCUT2D eigenvalue weighted by Gasteiger charge is 2.13. The van der Waals surface area contributed by atoms with Gasteiger partial charge in [-0.25, -0.2) is 4.98 Å². The van der Waals surface area contributed by atoms with E-state index in [2.05, 4.69) is 60.7 Å². The maximum absolute atomic E-state index is 4.86. The number of benzene rings is 1. The minimum atomic E-state index is 1.04. The number of aromatic nitrogens is 3. The second kappa shape index (κ2) is 9.22. The van der Waals surface area contributed by atoms with Gasteiger partial charge in [-0.3, -0.25) is 4.98 Å². The van der Waals surface area contributed by atoms with Crippen LogP contribution in [-0.4, -0.2) is 20.3 Å². The summed E-state index contributed by atoms with van der Waals surface area (Å²) in [6, 6.07) is 10.7. The van der Waals surface area contributed by atoms with Crippen molar-refractivity contribution < 1.29 is 0 Å². The molecular weight excluding hydrogens is 338 g/mol. The summed E-state index contributed by atoms with van der Waals surface area (Å²) in [5.74, 6) is 2.41. The fourth-order valence-electron chi connectivity index (χ4n) is 3.34. The van der Waals surface area contributed by atoms with Crippen LogP contribution in [0.25, 0.3) is 11.0 Å². The number of rotatable bonds is 9. The Morgan fingerprint density at radius 3 is 2.62 bits per heavy atom. The van der Waals surface area contributed by atoms with Gasteiger partial charge in [-0.2, -0.15) is 0 Å². The van der Waals surface area contributed by atoms with E-state index in [1.807, 2.05) is 18.0 Å². The lowest BCUT2D eigenvalue weighted by atomic mass is 10.2. The zero-order chi connectivity index (χ0) is 18.4. The van der Waals surface area contributed by atoms with Crippen molar-refractivity contribution in [1.82, 2.24) is 14.5 Å². The highest BCUT2D eigenvalue weighted by molar-refractivity contribution is 7.99. The molecule has 0 aliphatic heterocycles. The molecule has 3 nitrogen and oxygen atoms in total. The molecule has 0 radical (unpaired) electrons. The molecule has 0 saturated heterocycles. The van der Waals surface area contributed by atoms with E-state index in [-0.39, 0.29) is 0 Å². The second-order valence-electron chi connectivity index (χ2n) is 6.85. The topological polar surface area (TPSA) is 30.7 Å². The van der Waals surface area contributed by atoms with Crippen LogP contribution in [0.1, 0.15) is 49.7 Å². The Bertz CT molecular complexity index is 839. The second-order valence-corrected chi connectivity index (χ2v) is 8.02. The van der Waals surface area contributed by atoms with E-state index in [4.69, 9.17) is 4.98 Å². The molecule has 0 aliphatic carbocycles. The van der Waals surface area contributed by atoms with Crippen LogP contribution in [0.3, 0.4) is 0 Å². The van der Waals surface area contributed by atoms with Crippen LogP contribution in [0.5, 0.6) is 0 Å². The third-order valence-corrected chi connectivity index (χ3v) is 5.96. The van der Waals surface area contributed by atoms with E-state index in [1.165, 1.54) is 46.8 Å². The van der Waals surface area contributed by atoms with E-state index in [0.717, 1.165) is 30.6 Å². The van der Waals surface area contributed by atoms with Gasteiger partial charge in [0.1, 0.15) is 11.3 Å². The predicted octanol–water partition coefficient (Wildman–Crippen LogP) is 5.96. The molecule has 0 spiro atoms. The summed E-state index contributed by atoms with van der Waals surface area (Å²) >= 11 is 1.96. The van der Waals surface area contributed by atoms with Crippen molar-refractivity contribution in [3.63, 3.8) is 0 Å². The molecule has 4 heteroatoms. The lowest BCUT2D eigenvalue weighted by molar-refractivity contribution is 0.589. The minimum absolute atomic E-state index is 1.04. The van der Waals surface area contributed by atoms with E-state index < -0.39 is 0 Å². The van der Waals surface area contributed by atoms with Crippen LogP contribution < -0.4 is 0 Å². The van der Waals surface area contributed by atoms with Gasteiger partial charge in [0.15, 0.2) is 0 Å². The quantitative estimate of drug-likeness (QED) is 0.345. The lowest BCUT2D eigenvalue weighted by Crippen LogP contribution is -2.05. The molecular formula is C22H29N3S. The van der Waals surface area contributed by atoms with E-state index in [1.54, 1.807) is 0 Å². The van der Waals surface area contributed by atoms with Gasteiger partial charge in [0, 0.05) is 23.6 Å². The first-order valence-corrected chi connectivity index (χ1v) is 10.7. The van der Waals surface area contributed by atoms with Crippen molar-refractivity contribution in [2.45, 2.75) is 64.3 Å². The van der Waals surface area contributed by atoms with Gasteiger partial charge in [-0.15, -0.1) is 11.8 Å². The highest BCUT2D eigenvalue weighted by atomic mass is 32.2. The summed E-state index contributed by atoms with van der Waals surface area (Å²) in [7, 11) is 0. The fraction of sp³-hybridized carbons (Fsp3) is 0.455. The van der Waals surface area contributed by atoms with Crippen LogP contribution in [0.4, 0.5) is 0 Å². The Morgan fingerprint density at radius 1 is 1.04 bits per heavy atom. The summed E-state index contributed by atoms with van der Waals surface area (Å²) in [6.45, 7) is 7.55. The Kier molecular flexibility index (Phi) is 6.73. The number of unbranched alkanes of at least 4 members (excludes halogenated alkanes) is 2. The maximum Gasteiger partial charge on any atom is 0.109 e. The Morgan fingerprint density at radius 2 is 1.85 bits per heavy atom. The molecule has 0 N–H and O–H groups in total. The van der Waals surface area contributed by atoms with Gasteiger partial charge in [0.2, 0.25) is 0 Å². The molecule has 0 saturated carbocycles. The lowest BCUT2D eigenvalue weighted by Gasteiger charge is -2.11. The average molecular weight is 368 g/mol. The molecule has 1 aromatic carbocycles. The first kappa shape index (κ1) is 19.0. The summed E-state index contributed by atoms with van der Waals surface area (Å²) in [5, 5.41) is 0. The van der Waals surface area contributed by atoms with Crippen molar-refractivity contribution in [2.75, 3.05) is 5.75 Å². The number of pyridine rings is 1. The predicted molar refractivity (Wildman–Crippen MR) is 112 cm³/mol. The summed E-state index contributed by atoms with van der Waals surface area (Å²) in [6.07, 6.45) is 7.82. The summed E-state index contributed by atoms with van der Waals surface area (Å²) < 4.78 is 2.45. The number of hydrogen-bond donors (Lipinski definition) is 0. The van der Waals surface area contributed by atoms with Crippen LogP contribution >= 0.6 is 11.8 Å². The van der Waals surface area contributed by atoms with Crippen LogP contribution in [-0.2, 0) is 13.0 Å². The first-order valence-electron chi connectivity index (χ1n) is 9.70. The molecule has 0 amide bonds. The maximum atomic E-state index is 4.86.